The van der Waals surface area contributed by atoms with E-state index in [1.165, 1.54) is 11.3 Å². The van der Waals surface area contributed by atoms with Gasteiger partial charge in [-0.25, -0.2) is 4.98 Å². The second kappa shape index (κ2) is 7.29. The van der Waals surface area contributed by atoms with Crippen LogP contribution in [0.3, 0.4) is 0 Å². The number of thiophene rings is 1. The summed E-state index contributed by atoms with van der Waals surface area (Å²) in [6.07, 6.45) is -2.86. The molecule has 0 aromatic carbocycles. The number of alkyl halides is 3. The Labute approximate surface area is 156 Å². The van der Waals surface area contributed by atoms with Gasteiger partial charge in [-0.3, -0.25) is 4.79 Å². The first-order valence-electron chi connectivity index (χ1n) is 7.83. The van der Waals surface area contributed by atoms with Gasteiger partial charge in [0.2, 0.25) is 5.91 Å². The van der Waals surface area contributed by atoms with E-state index in [1.54, 1.807) is 30.5 Å². The Morgan fingerprint density at radius 1 is 1.50 bits per heavy atom. The lowest BCUT2D eigenvalue weighted by Crippen LogP contribution is -2.32. The van der Waals surface area contributed by atoms with Crippen molar-refractivity contribution in [2.24, 2.45) is 0 Å². The summed E-state index contributed by atoms with van der Waals surface area (Å²) in [5, 5.41) is 13.1. The Balaban J connectivity index is 2.00. The van der Waals surface area contributed by atoms with Crippen molar-refractivity contribution >= 4 is 29.0 Å². The molecule has 1 amide bonds. The molecular weight excluding hydrogens is 383 g/mol. The van der Waals surface area contributed by atoms with Gasteiger partial charge in [0.05, 0.1) is 26.9 Å². The molecule has 0 radical (unpaired) electrons. The molecule has 3 rings (SSSR count). The van der Waals surface area contributed by atoms with Crippen molar-refractivity contribution < 1.29 is 18.0 Å². The van der Waals surface area contributed by atoms with Crippen LogP contribution in [-0.4, -0.2) is 22.2 Å². The summed E-state index contributed by atoms with van der Waals surface area (Å²) < 4.78 is 40.3. The second-order valence-corrected chi connectivity index (χ2v) is 8.14. The van der Waals surface area contributed by atoms with E-state index in [0.717, 1.165) is 30.7 Å². The van der Waals surface area contributed by atoms with Crippen molar-refractivity contribution in [2.45, 2.75) is 42.3 Å². The Kier molecular flexibility index (Phi) is 5.25. The van der Waals surface area contributed by atoms with Gasteiger partial charge in [-0.15, -0.1) is 11.3 Å². The lowest BCUT2D eigenvalue weighted by atomic mass is 10.1. The third-order valence-electron chi connectivity index (χ3n) is 3.76. The van der Waals surface area contributed by atoms with Gasteiger partial charge in [0.15, 0.2) is 0 Å². The Hall–Kier alpha value is -2.05. The molecule has 1 N–H and O–H groups in total. The summed E-state index contributed by atoms with van der Waals surface area (Å²) in [6.45, 7) is 1.59. The maximum absolute atomic E-state index is 13.4. The van der Waals surface area contributed by atoms with Crippen molar-refractivity contribution in [1.82, 2.24) is 10.3 Å². The van der Waals surface area contributed by atoms with E-state index in [9.17, 15) is 23.2 Å². The molecule has 2 aromatic rings. The van der Waals surface area contributed by atoms with Crippen LogP contribution in [0.25, 0.3) is 10.6 Å². The smallest absolute Gasteiger partial charge is 0.352 e. The number of rotatable bonds is 5. The van der Waals surface area contributed by atoms with Crippen LogP contribution in [-0.2, 0) is 11.0 Å². The molecule has 0 bridgehead atoms. The minimum absolute atomic E-state index is 0.0795. The van der Waals surface area contributed by atoms with E-state index in [0.29, 0.717) is 4.88 Å². The minimum atomic E-state index is -4.69. The Morgan fingerprint density at radius 2 is 2.23 bits per heavy atom. The molecule has 0 saturated heterocycles. The molecule has 1 saturated carbocycles. The fourth-order valence-corrected chi connectivity index (χ4v) is 3.88. The summed E-state index contributed by atoms with van der Waals surface area (Å²) in [6, 6.07) is 6.03. The first-order valence-corrected chi connectivity index (χ1v) is 9.58. The molecule has 0 spiro atoms. The number of nitrogens with zero attached hydrogens (tertiary/aromatic N) is 2. The number of hydrogen-bond donors (Lipinski definition) is 1. The Bertz CT molecular complexity index is 855. The van der Waals surface area contributed by atoms with E-state index in [1.807, 2.05) is 0 Å². The predicted octanol–water partition coefficient (Wildman–Crippen LogP) is 4.46. The zero-order chi connectivity index (χ0) is 18.9. The number of halogens is 3. The molecule has 0 aliphatic heterocycles. The number of aromatic nitrogens is 1. The summed E-state index contributed by atoms with van der Waals surface area (Å²) in [7, 11) is 0. The largest absolute Gasteiger partial charge is 0.417 e. The van der Waals surface area contributed by atoms with Crippen LogP contribution in [0.15, 0.2) is 28.6 Å². The highest BCUT2D eigenvalue weighted by atomic mass is 32.2. The monoisotopic (exact) mass is 397 g/mol. The maximum Gasteiger partial charge on any atom is 0.417 e. The fraction of sp³-hybridized carbons (Fsp3) is 0.353. The standard InChI is InChI=1S/C17H14F3N3OS2/c1-9(15(24)22-10-4-5-10)26-16-11(8-21)12(17(18,19)20)7-13(23-16)14-3-2-6-25-14/h2-3,6-7,9-10H,4-5H2,1H3,(H,22,24)/t9-/m1/s1. The highest BCUT2D eigenvalue weighted by molar-refractivity contribution is 8.00. The number of carbonyl (C=O) groups excluding carboxylic acids is 1. The molecule has 136 valence electrons. The summed E-state index contributed by atoms with van der Waals surface area (Å²) in [4.78, 5) is 16.9. The van der Waals surface area contributed by atoms with Gasteiger partial charge in [-0.1, -0.05) is 17.8 Å². The van der Waals surface area contributed by atoms with E-state index >= 15 is 0 Å². The predicted molar refractivity (Wildman–Crippen MR) is 93.8 cm³/mol. The average molecular weight is 397 g/mol. The molecule has 1 aliphatic rings. The van der Waals surface area contributed by atoms with Gasteiger partial charge in [-0.2, -0.15) is 18.4 Å². The van der Waals surface area contributed by atoms with E-state index < -0.39 is 22.6 Å². The number of hydrogen-bond acceptors (Lipinski definition) is 5. The highest BCUT2D eigenvalue weighted by Crippen LogP contribution is 2.39. The zero-order valence-corrected chi connectivity index (χ0v) is 15.3. The molecule has 4 nitrogen and oxygen atoms in total. The van der Waals surface area contributed by atoms with Gasteiger partial charge in [0.1, 0.15) is 11.1 Å². The molecule has 9 heteroatoms. The normalized spacial score (nSPS) is 15.3. The summed E-state index contributed by atoms with van der Waals surface area (Å²) >= 11 is 2.13. The quantitative estimate of drug-likeness (QED) is 0.757. The van der Waals surface area contributed by atoms with Crippen LogP contribution in [0.5, 0.6) is 0 Å². The van der Waals surface area contributed by atoms with Crippen molar-refractivity contribution in [3.63, 3.8) is 0 Å². The number of pyridine rings is 1. The van der Waals surface area contributed by atoms with Gasteiger partial charge >= 0.3 is 6.18 Å². The topological polar surface area (TPSA) is 65.8 Å². The SMILES string of the molecule is C[C@@H](Sc1nc(-c2cccs2)cc(C(F)(F)F)c1C#N)C(=O)NC1CC1. The van der Waals surface area contributed by atoms with Gasteiger partial charge in [-0.05, 0) is 37.3 Å². The molecule has 0 unspecified atom stereocenters. The van der Waals surface area contributed by atoms with Crippen LogP contribution < -0.4 is 5.32 Å². The van der Waals surface area contributed by atoms with E-state index in [4.69, 9.17) is 0 Å². The number of amides is 1. The van der Waals surface area contributed by atoms with Crippen LogP contribution in [0, 0.1) is 11.3 Å². The van der Waals surface area contributed by atoms with Crippen molar-refractivity contribution in [1.29, 1.82) is 5.26 Å². The third-order valence-corrected chi connectivity index (χ3v) is 5.74. The summed E-state index contributed by atoms with van der Waals surface area (Å²) in [5.74, 6) is -0.265. The van der Waals surface area contributed by atoms with Gasteiger partial charge in [0, 0.05) is 6.04 Å². The van der Waals surface area contributed by atoms with E-state index in [-0.39, 0.29) is 22.7 Å². The average Bonchev–Trinajstić information content (AvgIpc) is 3.22. The zero-order valence-electron chi connectivity index (χ0n) is 13.6. The van der Waals surface area contributed by atoms with Crippen molar-refractivity contribution in [2.75, 3.05) is 0 Å². The number of thioether (sulfide) groups is 1. The molecule has 1 atom stereocenters. The molecule has 26 heavy (non-hydrogen) atoms. The van der Waals surface area contributed by atoms with Crippen molar-refractivity contribution in [3.8, 4) is 16.6 Å². The number of nitriles is 1. The molecule has 1 fully saturated rings. The molecular formula is C17H14F3N3OS2. The van der Waals surface area contributed by atoms with Crippen LogP contribution >= 0.6 is 23.1 Å². The molecule has 2 heterocycles. The third kappa shape index (κ3) is 4.19. The lowest BCUT2D eigenvalue weighted by Gasteiger charge is -2.16. The highest BCUT2D eigenvalue weighted by Gasteiger charge is 2.37. The second-order valence-electron chi connectivity index (χ2n) is 5.87. The number of nitrogens with one attached hydrogen (secondary N) is 1. The van der Waals surface area contributed by atoms with E-state index in [2.05, 4.69) is 10.3 Å². The summed E-state index contributed by atoms with van der Waals surface area (Å²) in [5.41, 5.74) is -1.44. The molecule has 1 aliphatic carbocycles. The van der Waals surface area contributed by atoms with Crippen LogP contribution in [0.4, 0.5) is 13.2 Å². The van der Waals surface area contributed by atoms with Crippen LogP contribution in [0.1, 0.15) is 30.9 Å². The lowest BCUT2D eigenvalue weighted by molar-refractivity contribution is -0.138. The van der Waals surface area contributed by atoms with Crippen molar-refractivity contribution in [3.05, 3.63) is 34.7 Å². The van der Waals surface area contributed by atoms with Crippen LogP contribution in [0.2, 0.25) is 0 Å². The minimum Gasteiger partial charge on any atom is -0.352 e. The van der Waals surface area contributed by atoms with Gasteiger partial charge < -0.3 is 5.32 Å². The van der Waals surface area contributed by atoms with Gasteiger partial charge in [0.25, 0.3) is 0 Å². The maximum atomic E-state index is 13.4. The molecule has 2 aromatic heterocycles. The fourth-order valence-electron chi connectivity index (χ4n) is 2.26. The number of carbonyl (C=O) groups is 1. The first kappa shape index (κ1) is 18.7. The Morgan fingerprint density at radius 3 is 2.77 bits per heavy atom. The first-order chi connectivity index (χ1) is 12.3.